The third kappa shape index (κ3) is 3.47. The molecular formula is C14H25N3O2. The van der Waals surface area contributed by atoms with Gasteiger partial charge in [-0.15, -0.1) is 0 Å². The molecule has 19 heavy (non-hydrogen) atoms. The van der Waals surface area contributed by atoms with E-state index in [4.69, 9.17) is 0 Å². The monoisotopic (exact) mass is 267 g/mol. The number of amides is 2. The van der Waals surface area contributed by atoms with E-state index < -0.39 is 6.04 Å². The van der Waals surface area contributed by atoms with Gasteiger partial charge in [0.25, 0.3) is 0 Å². The van der Waals surface area contributed by atoms with Crippen molar-refractivity contribution in [2.24, 2.45) is 0 Å². The lowest BCUT2D eigenvalue weighted by Gasteiger charge is -2.35. The normalized spacial score (nSPS) is 29.1. The summed E-state index contributed by atoms with van der Waals surface area (Å²) in [5.74, 6) is 0.0153. The summed E-state index contributed by atoms with van der Waals surface area (Å²) in [6.45, 7) is 5.59. The minimum Gasteiger partial charge on any atom is -0.343 e. The molecule has 0 aliphatic carbocycles. The van der Waals surface area contributed by atoms with Crippen LogP contribution < -0.4 is 10.6 Å². The fourth-order valence-electron chi connectivity index (χ4n) is 2.96. The van der Waals surface area contributed by atoms with Gasteiger partial charge in [0.2, 0.25) is 11.8 Å². The molecule has 2 fully saturated rings. The van der Waals surface area contributed by atoms with Crippen LogP contribution in [-0.4, -0.2) is 47.9 Å². The third-order valence-electron chi connectivity index (χ3n) is 4.19. The van der Waals surface area contributed by atoms with Gasteiger partial charge in [0.05, 0.1) is 6.04 Å². The molecule has 3 unspecified atom stereocenters. The Morgan fingerprint density at radius 1 is 1.26 bits per heavy atom. The van der Waals surface area contributed by atoms with Crippen molar-refractivity contribution in [3.63, 3.8) is 0 Å². The van der Waals surface area contributed by atoms with Gasteiger partial charge in [0.15, 0.2) is 0 Å². The summed E-state index contributed by atoms with van der Waals surface area (Å²) in [5.41, 5.74) is 0. The maximum atomic E-state index is 12.3. The standard InChI is InChI=1S/C14H25N3O2/c1-10-6-3-4-9-17(10)14(19)11(2)16-13(18)12-7-5-8-15-12/h10-12,15H,3-9H2,1-2H3,(H,16,18). The van der Waals surface area contributed by atoms with Gasteiger partial charge in [0.1, 0.15) is 6.04 Å². The molecule has 2 saturated heterocycles. The minimum absolute atomic E-state index is 0.0389. The Morgan fingerprint density at radius 3 is 2.68 bits per heavy atom. The summed E-state index contributed by atoms with van der Waals surface area (Å²) in [4.78, 5) is 26.2. The fourth-order valence-corrected chi connectivity index (χ4v) is 2.96. The molecule has 0 spiro atoms. The van der Waals surface area contributed by atoms with Gasteiger partial charge in [-0.3, -0.25) is 9.59 Å². The summed E-state index contributed by atoms with van der Waals surface area (Å²) in [6.07, 6.45) is 5.23. The molecule has 5 nitrogen and oxygen atoms in total. The van der Waals surface area contributed by atoms with Gasteiger partial charge < -0.3 is 15.5 Å². The second-order valence-corrected chi connectivity index (χ2v) is 5.76. The average Bonchev–Trinajstić information content (AvgIpc) is 2.92. The molecule has 0 radical (unpaired) electrons. The predicted molar refractivity (Wildman–Crippen MR) is 73.7 cm³/mol. The fraction of sp³-hybridized carbons (Fsp3) is 0.857. The second-order valence-electron chi connectivity index (χ2n) is 5.76. The largest absolute Gasteiger partial charge is 0.343 e. The van der Waals surface area contributed by atoms with Crippen LogP contribution in [0.2, 0.25) is 0 Å². The highest BCUT2D eigenvalue weighted by Gasteiger charge is 2.30. The van der Waals surface area contributed by atoms with Gasteiger partial charge in [-0.1, -0.05) is 0 Å². The van der Waals surface area contributed by atoms with E-state index in [2.05, 4.69) is 17.6 Å². The van der Waals surface area contributed by atoms with Crippen molar-refractivity contribution in [1.82, 2.24) is 15.5 Å². The van der Waals surface area contributed by atoms with Crippen molar-refractivity contribution in [1.29, 1.82) is 0 Å². The van der Waals surface area contributed by atoms with Crippen LogP contribution in [0.25, 0.3) is 0 Å². The number of likely N-dealkylation sites (tertiary alicyclic amines) is 1. The Kier molecular flexibility index (Phi) is 4.80. The zero-order chi connectivity index (χ0) is 13.8. The molecule has 0 aromatic carbocycles. The van der Waals surface area contributed by atoms with Crippen LogP contribution in [0, 0.1) is 0 Å². The van der Waals surface area contributed by atoms with Gasteiger partial charge in [-0.25, -0.2) is 0 Å². The smallest absolute Gasteiger partial charge is 0.245 e. The van der Waals surface area contributed by atoms with E-state index in [0.717, 1.165) is 38.8 Å². The van der Waals surface area contributed by atoms with E-state index in [1.807, 2.05) is 4.90 Å². The van der Waals surface area contributed by atoms with E-state index in [0.29, 0.717) is 6.04 Å². The number of hydrogen-bond acceptors (Lipinski definition) is 3. The summed E-state index contributed by atoms with van der Waals surface area (Å²) in [6, 6.07) is -0.241. The van der Waals surface area contributed by atoms with Gasteiger partial charge >= 0.3 is 0 Å². The highest BCUT2D eigenvalue weighted by molar-refractivity contribution is 5.89. The first kappa shape index (κ1) is 14.3. The zero-order valence-electron chi connectivity index (χ0n) is 11.9. The van der Waals surface area contributed by atoms with Crippen molar-refractivity contribution in [2.45, 2.75) is 64.1 Å². The molecule has 0 bridgehead atoms. The van der Waals surface area contributed by atoms with E-state index in [1.54, 1.807) is 6.92 Å². The summed E-state index contributed by atoms with van der Waals surface area (Å²) < 4.78 is 0. The molecule has 0 saturated carbocycles. The SMILES string of the molecule is CC(NC(=O)C1CCCN1)C(=O)N1CCCCC1C. The van der Waals surface area contributed by atoms with Crippen molar-refractivity contribution >= 4 is 11.8 Å². The third-order valence-corrected chi connectivity index (χ3v) is 4.19. The van der Waals surface area contributed by atoms with Crippen molar-refractivity contribution in [2.75, 3.05) is 13.1 Å². The Balaban J connectivity index is 1.85. The maximum absolute atomic E-state index is 12.3. The Bertz CT molecular complexity index is 340. The topological polar surface area (TPSA) is 61.4 Å². The van der Waals surface area contributed by atoms with Crippen molar-refractivity contribution in [3.05, 3.63) is 0 Å². The lowest BCUT2D eigenvalue weighted by atomic mass is 10.0. The molecule has 5 heteroatoms. The molecule has 2 heterocycles. The maximum Gasteiger partial charge on any atom is 0.245 e. The molecular weight excluding hydrogens is 242 g/mol. The molecule has 0 aromatic heterocycles. The zero-order valence-corrected chi connectivity index (χ0v) is 11.9. The Morgan fingerprint density at radius 2 is 2.05 bits per heavy atom. The lowest BCUT2D eigenvalue weighted by Crippen LogP contribution is -2.53. The summed E-state index contributed by atoms with van der Waals surface area (Å²) >= 11 is 0. The van der Waals surface area contributed by atoms with E-state index in [1.165, 1.54) is 6.42 Å². The number of nitrogens with zero attached hydrogens (tertiary/aromatic N) is 1. The predicted octanol–water partition coefficient (Wildman–Crippen LogP) is 0.644. The molecule has 108 valence electrons. The number of rotatable bonds is 3. The first-order valence-electron chi connectivity index (χ1n) is 7.44. The minimum atomic E-state index is -0.421. The van der Waals surface area contributed by atoms with E-state index in [9.17, 15) is 9.59 Å². The van der Waals surface area contributed by atoms with Crippen molar-refractivity contribution in [3.8, 4) is 0 Å². The molecule has 3 atom stereocenters. The van der Waals surface area contributed by atoms with E-state index in [-0.39, 0.29) is 17.9 Å². The number of hydrogen-bond donors (Lipinski definition) is 2. The van der Waals surface area contributed by atoms with Crippen LogP contribution in [0.5, 0.6) is 0 Å². The van der Waals surface area contributed by atoms with Crippen LogP contribution in [0.1, 0.15) is 46.0 Å². The van der Waals surface area contributed by atoms with Gasteiger partial charge in [0, 0.05) is 12.6 Å². The summed E-state index contributed by atoms with van der Waals surface area (Å²) in [5, 5.41) is 6.00. The molecule has 2 N–H and O–H groups in total. The average molecular weight is 267 g/mol. The molecule has 2 aliphatic rings. The van der Waals surface area contributed by atoms with Crippen LogP contribution in [0.3, 0.4) is 0 Å². The second kappa shape index (κ2) is 6.37. The number of carbonyl (C=O) groups is 2. The highest BCUT2D eigenvalue weighted by atomic mass is 16.2. The Hall–Kier alpha value is -1.10. The molecule has 2 rings (SSSR count). The molecule has 2 amide bonds. The van der Waals surface area contributed by atoms with Crippen LogP contribution in [0.15, 0.2) is 0 Å². The number of carbonyl (C=O) groups excluding carboxylic acids is 2. The van der Waals surface area contributed by atoms with Crippen LogP contribution in [0.4, 0.5) is 0 Å². The molecule has 2 aliphatic heterocycles. The van der Waals surface area contributed by atoms with Gasteiger partial charge in [-0.2, -0.15) is 0 Å². The van der Waals surface area contributed by atoms with Gasteiger partial charge in [-0.05, 0) is 52.5 Å². The lowest BCUT2D eigenvalue weighted by molar-refractivity contribution is -0.139. The van der Waals surface area contributed by atoms with Crippen molar-refractivity contribution < 1.29 is 9.59 Å². The number of nitrogens with one attached hydrogen (secondary N) is 2. The Labute approximate surface area is 115 Å². The van der Waals surface area contributed by atoms with Crippen LogP contribution >= 0.6 is 0 Å². The van der Waals surface area contributed by atoms with Crippen LogP contribution in [-0.2, 0) is 9.59 Å². The number of piperidine rings is 1. The first-order valence-corrected chi connectivity index (χ1v) is 7.44. The quantitative estimate of drug-likeness (QED) is 0.789. The summed E-state index contributed by atoms with van der Waals surface area (Å²) in [7, 11) is 0. The molecule has 0 aromatic rings. The van der Waals surface area contributed by atoms with E-state index >= 15 is 0 Å². The highest BCUT2D eigenvalue weighted by Crippen LogP contribution is 2.17. The first-order chi connectivity index (χ1) is 9.09.